The molecule has 1 aromatic carbocycles. The van der Waals surface area contributed by atoms with Crippen LogP contribution in [0, 0.1) is 0 Å². The number of nitrogens with zero attached hydrogens (tertiary/aromatic N) is 4. The Morgan fingerprint density at radius 3 is 2.70 bits per heavy atom. The lowest BCUT2D eigenvalue weighted by Crippen LogP contribution is -2.30. The van der Waals surface area contributed by atoms with E-state index in [0.29, 0.717) is 30.9 Å². The number of nitrogen functional groups attached to an aromatic ring is 1. The van der Waals surface area contributed by atoms with Gasteiger partial charge in [-0.15, -0.1) is 0 Å². The number of hydrogen-bond donors (Lipinski definition) is 4. The van der Waals surface area contributed by atoms with Crippen LogP contribution in [-0.4, -0.2) is 36.8 Å². The van der Waals surface area contributed by atoms with Crippen molar-refractivity contribution in [3.63, 3.8) is 0 Å². The van der Waals surface area contributed by atoms with Crippen LogP contribution in [0.15, 0.2) is 30.6 Å². The number of nitrogens with two attached hydrogens (primary N) is 1. The van der Waals surface area contributed by atoms with Gasteiger partial charge in [-0.25, -0.2) is 4.98 Å². The van der Waals surface area contributed by atoms with Gasteiger partial charge in [-0.2, -0.15) is 9.97 Å². The third kappa shape index (κ3) is 3.95. The Morgan fingerprint density at radius 1 is 1.22 bits per heavy atom. The highest BCUT2D eigenvalue weighted by atomic mass is 16.3. The standard InChI is InChI=1S/C19H25N7O/c1-19(2,27)10-22-18-24-16(21-9-12-5-3-4-6-14(12)20)15-17(25-18)26(11-23-15)13-7-8-13/h3-6,11,13,27H,7-10,20H2,1-2H3,(H2,21,22,24,25). The second kappa shape index (κ2) is 6.70. The topological polar surface area (TPSA) is 114 Å². The summed E-state index contributed by atoms with van der Waals surface area (Å²) in [4.78, 5) is 13.7. The minimum atomic E-state index is -0.860. The molecule has 8 nitrogen and oxygen atoms in total. The summed E-state index contributed by atoms with van der Waals surface area (Å²) in [5.41, 5.74) is 8.46. The molecule has 2 heterocycles. The van der Waals surface area contributed by atoms with Crippen molar-refractivity contribution in [3.05, 3.63) is 36.2 Å². The first-order valence-electron chi connectivity index (χ1n) is 9.19. The summed E-state index contributed by atoms with van der Waals surface area (Å²) in [5, 5.41) is 16.5. The summed E-state index contributed by atoms with van der Waals surface area (Å²) in [5.74, 6) is 1.12. The molecule has 1 aliphatic rings. The van der Waals surface area contributed by atoms with Crippen LogP contribution in [0.4, 0.5) is 17.5 Å². The molecule has 0 radical (unpaired) electrons. The largest absolute Gasteiger partial charge is 0.398 e. The zero-order chi connectivity index (χ0) is 19.0. The van der Waals surface area contributed by atoms with Crippen molar-refractivity contribution in [2.45, 2.75) is 44.9 Å². The minimum Gasteiger partial charge on any atom is -0.398 e. The fraction of sp³-hybridized carbons (Fsp3) is 0.421. The molecule has 1 fully saturated rings. The summed E-state index contributed by atoms with van der Waals surface area (Å²) in [6.07, 6.45) is 4.12. The molecular weight excluding hydrogens is 342 g/mol. The number of fused-ring (bicyclic) bond motifs is 1. The Balaban J connectivity index is 1.66. The molecule has 8 heteroatoms. The monoisotopic (exact) mass is 367 g/mol. The molecule has 0 amide bonds. The molecular formula is C19H25N7O. The number of rotatable bonds is 7. The zero-order valence-corrected chi connectivity index (χ0v) is 15.6. The van der Waals surface area contributed by atoms with Gasteiger partial charge < -0.3 is 26.0 Å². The van der Waals surface area contributed by atoms with E-state index in [2.05, 4.69) is 30.2 Å². The molecule has 0 atom stereocenters. The molecule has 0 unspecified atom stereocenters. The molecule has 5 N–H and O–H groups in total. The van der Waals surface area contributed by atoms with Gasteiger partial charge in [0.15, 0.2) is 17.0 Å². The van der Waals surface area contributed by atoms with E-state index in [1.165, 1.54) is 0 Å². The Labute approximate surface area is 157 Å². The Morgan fingerprint density at radius 2 is 2.00 bits per heavy atom. The molecule has 2 aromatic heterocycles. The smallest absolute Gasteiger partial charge is 0.226 e. The second-order valence-corrected chi connectivity index (χ2v) is 7.67. The quantitative estimate of drug-likeness (QED) is 0.475. The first-order chi connectivity index (χ1) is 12.9. The lowest BCUT2D eigenvalue weighted by atomic mass is 10.1. The number of hydrogen-bond acceptors (Lipinski definition) is 7. The number of anilines is 3. The predicted molar refractivity (Wildman–Crippen MR) is 107 cm³/mol. The summed E-state index contributed by atoms with van der Waals surface area (Å²) < 4.78 is 2.11. The van der Waals surface area contributed by atoms with Gasteiger partial charge in [-0.3, -0.25) is 0 Å². The average molecular weight is 367 g/mol. The average Bonchev–Trinajstić information content (AvgIpc) is 3.37. The van der Waals surface area contributed by atoms with E-state index >= 15 is 0 Å². The van der Waals surface area contributed by atoms with Crippen LogP contribution in [0.1, 0.15) is 38.3 Å². The highest BCUT2D eigenvalue weighted by molar-refractivity contribution is 5.84. The highest BCUT2D eigenvalue weighted by Crippen LogP contribution is 2.37. The number of aliphatic hydroxyl groups is 1. The number of para-hydroxylation sites is 1. The fourth-order valence-corrected chi connectivity index (χ4v) is 2.91. The van der Waals surface area contributed by atoms with Crippen LogP contribution in [0.25, 0.3) is 11.2 Å². The third-order valence-electron chi connectivity index (χ3n) is 4.54. The van der Waals surface area contributed by atoms with Gasteiger partial charge in [-0.1, -0.05) is 18.2 Å². The third-order valence-corrected chi connectivity index (χ3v) is 4.54. The van der Waals surface area contributed by atoms with Gasteiger partial charge >= 0.3 is 0 Å². The van der Waals surface area contributed by atoms with Crippen LogP contribution in [0.5, 0.6) is 0 Å². The number of benzene rings is 1. The zero-order valence-electron chi connectivity index (χ0n) is 15.6. The summed E-state index contributed by atoms with van der Waals surface area (Å²) in [7, 11) is 0. The van der Waals surface area contributed by atoms with Gasteiger partial charge in [0.05, 0.1) is 11.9 Å². The molecule has 1 aliphatic carbocycles. The van der Waals surface area contributed by atoms with Gasteiger partial charge in [0.1, 0.15) is 0 Å². The van der Waals surface area contributed by atoms with Gasteiger partial charge in [0, 0.05) is 24.8 Å². The Bertz CT molecular complexity index is 956. The van der Waals surface area contributed by atoms with Crippen LogP contribution >= 0.6 is 0 Å². The maximum Gasteiger partial charge on any atom is 0.226 e. The number of imidazole rings is 1. The number of nitrogens with one attached hydrogen (secondary N) is 2. The lowest BCUT2D eigenvalue weighted by molar-refractivity contribution is 0.0943. The molecule has 1 saturated carbocycles. The van der Waals surface area contributed by atoms with E-state index in [1.54, 1.807) is 13.8 Å². The van der Waals surface area contributed by atoms with E-state index in [9.17, 15) is 5.11 Å². The van der Waals surface area contributed by atoms with Crippen LogP contribution in [-0.2, 0) is 6.54 Å². The van der Waals surface area contributed by atoms with Crippen molar-refractivity contribution in [2.75, 3.05) is 22.9 Å². The maximum absolute atomic E-state index is 9.99. The summed E-state index contributed by atoms with van der Waals surface area (Å²) in [6.45, 7) is 4.37. The minimum absolute atomic E-state index is 0.348. The van der Waals surface area contributed by atoms with Crippen molar-refractivity contribution in [2.24, 2.45) is 0 Å². The van der Waals surface area contributed by atoms with Crippen LogP contribution in [0.2, 0.25) is 0 Å². The molecule has 0 aliphatic heterocycles. The molecule has 0 saturated heterocycles. The van der Waals surface area contributed by atoms with E-state index in [1.807, 2.05) is 30.6 Å². The molecule has 3 aromatic rings. The molecule has 4 rings (SSSR count). The molecule has 0 spiro atoms. The van der Waals surface area contributed by atoms with E-state index in [-0.39, 0.29) is 0 Å². The normalized spacial score (nSPS) is 14.5. The van der Waals surface area contributed by atoms with Crippen LogP contribution < -0.4 is 16.4 Å². The SMILES string of the molecule is CC(C)(O)CNc1nc(NCc2ccccc2N)c2ncn(C3CC3)c2n1. The highest BCUT2D eigenvalue weighted by Gasteiger charge is 2.27. The van der Waals surface area contributed by atoms with Crippen molar-refractivity contribution in [1.82, 2.24) is 19.5 Å². The van der Waals surface area contributed by atoms with Crippen molar-refractivity contribution >= 4 is 28.6 Å². The predicted octanol–water partition coefficient (Wildman–Crippen LogP) is 2.54. The van der Waals surface area contributed by atoms with Crippen LogP contribution in [0.3, 0.4) is 0 Å². The van der Waals surface area contributed by atoms with Crippen molar-refractivity contribution < 1.29 is 5.11 Å². The molecule has 0 bridgehead atoms. The van der Waals surface area contributed by atoms with Gasteiger partial charge in [0.2, 0.25) is 5.95 Å². The van der Waals surface area contributed by atoms with Gasteiger partial charge in [0.25, 0.3) is 0 Å². The van der Waals surface area contributed by atoms with E-state index in [4.69, 9.17) is 5.73 Å². The Hall–Kier alpha value is -2.87. The first-order valence-corrected chi connectivity index (χ1v) is 9.19. The van der Waals surface area contributed by atoms with Crippen molar-refractivity contribution in [3.8, 4) is 0 Å². The van der Waals surface area contributed by atoms with Crippen molar-refractivity contribution in [1.29, 1.82) is 0 Å². The molecule has 142 valence electrons. The Kier molecular flexibility index (Phi) is 4.35. The maximum atomic E-state index is 9.99. The summed E-state index contributed by atoms with van der Waals surface area (Å²) >= 11 is 0. The first kappa shape index (κ1) is 17.5. The van der Waals surface area contributed by atoms with E-state index < -0.39 is 5.60 Å². The summed E-state index contributed by atoms with van der Waals surface area (Å²) in [6, 6.07) is 8.20. The molecule has 27 heavy (non-hydrogen) atoms. The lowest BCUT2D eigenvalue weighted by Gasteiger charge is -2.18. The number of aromatic nitrogens is 4. The fourth-order valence-electron chi connectivity index (χ4n) is 2.91. The second-order valence-electron chi connectivity index (χ2n) is 7.67. The van der Waals surface area contributed by atoms with E-state index in [0.717, 1.165) is 35.3 Å². The van der Waals surface area contributed by atoms with Gasteiger partial charge in [-0.05, 0) is 38.3 Å².